The smallest absolute Gasteiger partial charge is 0.292 e. The highest BCUT2D eigenvalue weighted by atomic mass is 19.1. The largest absolute Gasteiger partial charge is 0.429 e. The molecule has 0 aromatic heterocycles. The molecule has 0 atom stereocenters. The van der Waals surface area contributed by atoms with Crippen LogP contribution in [-0.4, -0.2) is 12.4 Å². The Hall–Kier alpha value is -2.57. The molecular formula is C11H13FN4O2. The van der Waals surface area contributed by atoms with Gasteiger partial charge >= 0.3 is 0 Å². The lowest BCUT2D eigenvalue weighted by Crippen LogP contribution is -2.15. The standard InChI is InChI=1S/C11H13FN4O2/c1-7(5-13)18-11(14)16-10-4-8(15-6-17)2-3-9(10)12/h2-6H,13H2,1H3,(H2,14,16)(H,15,17)/b7-5-. The summed E-state index contributed by atoms with van der Waals surface area (Å²) in [6.45, 7) is 1.57. The maximum Gasteiger partial charge on any atom is 0.292 e. The van der Waals surface area contributed by atoms with Gasteiger partial charge in [0, 0.05) is 11.9 Å². The lowest BCUT2D eigenvalue weighted by molar-refractivity contribution is -0.105. The van der Waals surface area contributed by atoms with Crippen LogP contribution in [0.15, 0.2) is 35.2 Å². The van der Waals surface area contributed by atoms with E-state index in [2.05, 4.69) is 10.3 Å². The van der Waals surface area contributed by atoms with Crippen molar-refractivity contribution < 1.29 is 13.9 Å². The second-order valence-corrected chi connectivity index (χ2v) is 3.26. The van der Waals surface area contributed by atoms with Crippen LogP contribution in [0.2, 0.25) is 0 Å². The van der Waals surface area contributed by atoms with E-state index >= 15 is 0 Å². The molecule has 0 aliphatic carbocycles. The summed E-state index contributed by atoms with van der Waals surface area (Å²) < 4.78 is 18.4. The lowest BCUT2D eigenvalue weighted by Gasteiger charge is -2.05. The first-order chi connectivity index (χ1) is 8.56. The van der Waals surface area contributed by atoms with Crippen LogP contribution in [0.3, 0.4) is 0 Å². The molecule has 0 heterocycles. The Morgan fingerprint density at radius 2 is 2.28 bits per heavy atom. The van der Waals surface area contributed by atoms with Crippen LogP contribution >= 0.6 is 0 Å². The van der Waals surface area contributed by atoms with E-state index in [-0.39, 0.29) is 11.7 Å². The van der Waals surface area contributed by atoms with Crippen LogP contribution in [-0.2, 0) is 9.53 Å². The van der Waals surface area contributed by atoms with Crippen molar-refractivity contribution in [3.05, 3.63) is 36.0 Å². The molecule has 0 bridgehead atoms. The van der Waals surface area contributed by atoms with Gasteiger partial charge in [0.2, 0.25) is 6.41 Å². The number of ether oxygens (including phenoxy) is 1. The van der Waals surface area contributed by atoms with E-state index in [4.69, 9.17) is 16.2 Å². The number of carbonyl (C=O) groups excluding carboxylic acids is 1. The SMILES string of the molecule is C/C(=C/N)OC(N)=Nc1cc(NC=O)ccc1F. The number of carbonyl (C=O) groups is 1. The summed E-state index contributed by atoms with van der Waals surface area (Å²) in [4.78, 5) is 14.0. The molecule has 5 N–H and O–H groups in total. The molecule has 1 amide bonds. The zero-order valence-corrected chi connectivity index (χ0v) is 9.68. The van der Waals surface area contributed by atoms with E-state index in [0.717, 1.165) is 6.07 Å². The number of allylic oxidation sites excluding steroid dienone is 1. The number of hydrogen-bond donors (Lipinski definition) is 3. The van der Waals surface area contributed by atoms with E-state index in [1.54, 1.807) is 6.92 Å². The van der Waals surface area contributed by atoms with Gasteiger partial charge in [0.25, 0.3) is 6.02 Å². The lowest BCUT2D eigenvalue weighted by atomic mass is 10.2. The van der Waals surface area contributed by atoms with Gasteiger partial charge in [-0.2, -0.15) is 4.99 Å². The molecule has 0 radical (unpaired) electrons. The number of halogens is 1. The third-order valence-electron chi connectivity index (χ3n) is 1.90. The fraction of sp³-hybridized carbons (Fsp3) is 0.0909. The summed E-state index contributed by atoms with van der Waals surface area (Å²) in [5, 5.41) is 2.37. The number of anilines is 1. The molecule has 7 heteroatoms. The predicted molar refractivity (Wildman–Crippen MR) is 66.4 cm³/mol. The van der Waals surface area contributed by atoms with Crippen molar-refractivity contribution in [2.45, 2.75) is 6.92 Å². The molecule has 0 aliphatic rings. The number of rotatable bonds is 4. The fourth-order valence-corrected chi connectivity index (χ4v) is 1.10. The highest BCUT2D eigenvalue weighted by molar-refractivity contribution is 5.78. The minimum absolute atomic E-state index is 0.0517. The van der Waals surface area contributed by atoms with Crippen LogP contribution in [0.5, 0.6) is 0 Å². The number of nitrogens with one attached hydrogen (secondary N) is 1. The Kier molecular flexibility index (Phi) is 4.67. The molecule has 1 aromatic carbocycles. The van der Waals surface area contributed by atoms with Crippen LogP contribution < -0.4 is 16.8 Å². The zero-order valence-electron chi connectivity index (χ0n) is 9.68. The Morgan fingerprint density at radius 1 is 1.56 bits per heavy atom. The van der Waals surface area contributed by atoms with Crippen LogP contribution in [0.1, 0.15) is 6.92 Å². The summed E-state index contributed by atoms with van der Waals surface area (Å²) in [6.07, 6.45) is 1.67. The van der Waals surface area contributed by atoms with Crippen molar-refractivity contribution in [3.8, 4) is 0 Å². The van der Waals surface area contributed by atoms with E-state index in [1.165, 1.54) is 18.3 Å². The Balaban J connectivity index is 2.97. The molecule has 0 unspecified atom stereocenters. The summed E-state index contributed by atoms with van der Waals surface area (Å²) in [6, 6.07) is 3.62. The molecule has 0 aliphatic heterocycles. The van der Waals surface area contributed by atoms with Crippen molar-refractivity contribution in [2.24, 2.45) is 16.5 Å². The first kappa shape index (κ1) is 13.5. The topological polar surface area (TPSA) is 103 Å². The molecule has 6 nitrogen and oxygen atoms in total. The molecule has 0 spiro atoms. The van der Waals surface area contributed by atoms with Gasteiger partial charge in [-0.05, 0) is 25.1 Å². The van der Waals surface area contributed by atoms with E-state index in [9.17, 15) is 9.18 Å². The molecular weight excluding hydrogens is 239 g/mol. The summed E-state index contributed by atoms with van der Waals surface area (Å²) >= 11 is 0. The maximum absolute atomic E-state index is 13.4. The Bertz CT molecular complexity index is 500. The van der Waals surface area contributed by atoms with Crippen molar-refractivity contribution in [2.75, 3.05) is 5.32 Å². The number of amides is 1. The minimum atomic E-state index is -0.590. The first-order valence-electron chi connectivity index (χ1n) is 4.97. The minimum Gasteiger partial charge on any atom is -0.429 e. The van der Waals surface area contributed by atoms with Crippen LogP contribution in [0.25, 0.3) is 0 Å². The maximum atomic E-state index is 13.4. The molecule has 0 saturated carbocycles. The summed E-state index contributed by atoms with van der Waals surface area (Å²) in [5.74, 6) is -0.258. The molecule has 1 aromatic rings. The average Bonchev–Trinajstić information content (AvgIpc) is 2.33. The monoisotopic (exact) mass is 252 g/mol. The van der Waals surface area contributed by atoms with Crippen molar-refractivity contribution in [1.82, 2.24) is 0 Å². The molecule has 1 rings (SSSR count). The number of hydrogen-bond acceptors (Lipinski definition) is 4. The van der Waals surface area contributed by atoms with Gasteiger partial charge < -0.3 is 21.5 Å². The molecule has 96 valence electrons. The van der Waals surface area contributed by atoms with Crippen molar-refractivity contribution in [1.29, 1.82) is 0 Å². The number of nitrogens with zero attached hydrogens (tertiary/aromatic N) is 1. The summed E-state index contributed by atoms with van der Waals surface area (Å²) in [7, 11) is 0. The first-order valence-corrected chi connectivity index (χ1v) is 4.97. The van der Waals surface area contributed by atoms with Crippen molar-refractivity contribution >= 4 is 23.8 Å². The van der Waals surface area contributed by atoms with Gasteiger partial charge in [-0.3, -0.25) is 4.79 Å². The van der Waals surface area contributed by atoms with Gasteiger partial charge in [0.1, 0.15) is 17.3 Å². The second-order valence-electron chi connectivity index (χ2n) is 3.26. The molecule has 0 saturated heterocycles. The average molecular weight is 252 g/mol. The molecule has 0 fully saturated rings. The Labute approximate surface area is 103 Å². The highest BCUT2D eigenvalue weighted by Gasteiger charge is 2.04. The highest BCUT2D eigenvalue weighted by Crippen LogP contribution is 2.22. The third-order valence-corrected chi connectivity index (χ3v) is 1.90. The number of aliphatic imine (C=N–C) groups is 1. The van der Waals surface area contributed by atoms with Crippen LogP contribution in [0.4, 0.5) is 15.8 Å². The quantitative estimate of drug-likeness (QED) is 0.324. The van der Waals surface area contributed by atoms with E-state index < -0.39 is 5.82 Å². The zero-order chi connectivity index (χ0) is 13.5. The summed E-state index contributed by atoms with van der Waals surface area (Å²) in [5.41, 5.74) is 11.0. The predicted octanol–water partition coefficient (Wildman–Crippen LogP) is 1.18. The Morgan fingerprint density at radius 3 is 2.89 bits per heavy atom. The number of amidine groups is 1. The number of nitrogens with two attached hydrogens (primary N) is 2. The van der Waals surface area contributed by atoms with Gasteiger partial charge in [0.05, 0.1) is 0 Å². The van der Waals surface area contributed by atoms with Crippen molar-refractivity contribution in [3.63, 3.8) is 0 Å². The number of benzene rings is 1. The van der Waals surface area contributed by atoms with E-state index in [1.807, 2.05) is 0 Å². The second kappa shape index (κ2) is 6.24. The van der Waals surface area contributed by atoms with Gasteiger partial charge in [0.15, 0.2) is 0 Å². The van der Waals surface area contributed by atoms with Gasteiger partial charge in [-0.25, -0.2) is 4.39 Å². The van der Waals surface area contributed by atoms with Gasteiger partial charge in [-0.1, -0.05) is 0 Å². The fourth-order valence-electron chi connectivity index (χ4n) is 1.10. The van der Waals surface area contributed by atoms with Crippen LogP contribution in [0, 0.1) is 5.82 Å². The van der Waals surface area contributed by atoms with Gasteiger partial charge in [-0.15, -0.1) is 0 Å². The normalized spacial score (nSPS) is 12.1. The molecule has 18 heavy (non-hydrogen) atoms. The third kappa shape index (κ3) is 3.78. The van der Waals surface area contributed by atoms with E-state index in [0.29, 0.717) is 17.9 Å².